The van der Waals surface area contributed by atoms with Crippen LogP contribution in [0.4, 0.5) is 0 Å². The van der Waals surface area contributed by atoms with E-state index in [-0.39, 0.29) is 11.7 Å². The van der Waals surface area contributed by atoms with Gasteiger partial charge in [0.15, 0.2) is 0 Å². The predicted molar refractivity (Wildman–Crippen MR) is 74.1 cm³/mol. The van der Waals surface area contributed by atoms with Crippen molar-refractivity contribution in [3.63, 3.8) is 0 Å². The Bertz CT molecular complexity index is 420. The highest BCUT2D eigenvalue weighted by atomic mass is 35.5. The van der Waals surface area contributed by atoms with Gasteiger partial charge >= 0.3 is 0 Å². The van der Waals surface area contributed by atoms with Gasteiger partial charge in [0.05, 0.1) is 10.6 Å². The molecule has 4 heteroatoms. The molecule has 0 saturated carbocycles. The predicted octanol–water partition coefficient (Wildman–Crippen LogP) is 3.55. The molecule has 0 aliphatic rings. The molecule has 0 aliphatic heterocycles. The first-order chi connectivity index (χ1) is 8.49. The number of carbonyl (C=O) groups is 1. The van der Waals surface area contributed by atoms with Gasteiger partial charge in [0.25, 0.3) is 5.91 Å². The highest BCUT2D eigenvalue weighted by Crippen LogP contribution is 2.23. The van der Waals surface area contributed by atoms with Gasteiger partial charge in [-0.15, -0.1) is 0 Å². The number of rotatable bonds is 5. The van der Waals surface area contributed by atoms with Crippen molar-refractivity contribution in [1.29, 1.82) is 0 Å². The van der Waals surface area contributed by atoms with Crippen molar-refractivity contribution in [2.24, 2.45) is 5.92 Å². The SMILES string of the molecule is CCC(C)CN(CC)C(=O)c1cc(O)ccc1Cl. The number of halogens is 1. The molecule has 1 unspecified atom stereocenters. The van der Waals surface area contributed by atoms with Crippen molar-refractivity contribution in [2.75, 3.05) is 13.1 Å². The van der Waals surface area contributed by atoms with Crippen LogP contribution in [0.15, 0.2) is 18.2 Å². The molecule has 1 aromatic carbocycles. The van der Waals surface area contributed by atoms with E-state index >= 15 is 0 Å². The van der Waals surface area contributed by atoms with Crippen LogP contribution in [0.2, 0.25) is 5.02 Å². The van der Waals surface area contributed by atoms with Gasteiger partial charge in [-0.05, 0) is 31.0 Å². The van der Waals surface area contributed by atoms with Gasteiger partial charge in [-0.1, -0.05) is 31.9 Å². The van der Waals surface area contributed by atoms with Gasteiger partial charge in [0, 0.05) is 13.1 Å². The number of amides is 1. The molecular formula is C14H20ClNO2. The maximum absolute atomic E-state index is 12.3. The quantitative estimate of drug-likeness (QED) is 0.888. The number of phenolic OH excluding ortho intramolecular Hbond substituents is 1. The summed E-state index contributed by atoms with van der Waals surface area (Å²) in [5, 5.41) is 9.81. The maximum atomic E-state index is 12.3. The molecule has 0 spiro atoms. The standard InChI is InChI=1S/C14H20ClNO2/c1-4-10(3)9-16(5-2)14(18)12-8-11(17)6-7-13(12)15/h6-8,10,17H,4-5,9H2,1-3H3. The molecule has 0 radical (unpaired) electrons. The molecule has 0 aliphatic carbocycles. The Morgan fingerprint density at radius 2 is 2.11 bits per heavy atom. The second-order valence-electron chi connectivity index (χ2n) is 4.52. The maximum Gasteiger partial charge on any atom is 0.255 e. The minimum Gasteiger partial charge on any atom is -0.508 e. The molecule has 1 aromatic rings. The molecule has 1 N–H and O–H groups in total. The van der Waals surface area contributed by atoms with E-state index in [0.717, 1.165) is 6.42 Å². The first kappa shape index (κ1) is 14.8. The largest absolute Gasteiger partial charge is 0.508 e. The Morgan fingerprint density at radius 1 is 1.44 bits per heavy atom. The number of benzene rings is 1. The smallest absolute Gasteiger partial charge is 0.255 e. The molecule has 3 nitrogen and oxygen atoms in total. The van der Waals surface area contributed by atoms with Gasteiger partial charge in [-0.2, -0.15) is 0 Å². The van der Waals surface area contributed by atoms with Gasteiger partial charge in [-0.25, -0.2) is 0 Å². The van der Waals surface area contributed by atoms with E-state index in [1.807, 2.05) is 6.92 Å². The molecule has 18 heavy (non-hydrogen) atoms. The number of hydrogen-bond acceptors (Lipinski definition) is 2. The highest BCUT2D eigenvalue weighted by Gasteiger charge is 2.19. The summed E-state index contributed by atoms with van der Waals surface area (Å²) in [7, 11) is 0. The molecule has 0 aromatic heterocycles. The molecule has 100 valence electrons. The third-order valence-corrected chi connectivity index (χ3v) is 3.41. The number of nitrogens with zero attached hydrogens (tertiary/aromatic N) is 1. The first-order valence-corrected chi connectivity index (χ1v) is 6.65. The topological polar surface area (TPSA) is 40.5 Å². The summed E-state index contributed by atoms with van der Waals surface area (Å²) in [4.78, 5) is 14.1. The van der Waals surface area contributed by atoms with E-state index in [1.165, 1.54) is 12.1 Å². The van der Waals surface area contributed by atoms with Crippen LogP contribution in [0, 0.1) is 5.92 Å². The summed E-state index contributed by atoms with van der Waals surface area (Å²) in [6.07, 6.45) is 1.03. The fourth-order valence-corrected chi connectivity index (χ4v) is 1.91. The zero-order valence-corrected chi connectivity index (χ0v) is 11.9. The summed E-state index contributed by atoms with van der Waals surface area (Å²) < 4.78 is 0. The summed E-state index contributed by atoms with van der Waals surface area (Å²) in [6.45, 7) is 7.49. The fourth-order valence-electron chi connectivity index (χ4n) is 1.71. The van der Waals surface area contributed by atoms with Crippen LogP contribution in [-0.2, 0) is 0 Å². The van der Waals surface area contributed by atoms with Crippen molar-refractivity contribution in [2.45, 2.75) is 27.2 Å². The van der Waals surface area contributed by atoms with Gasteiger partial charge in [-0.3, -0.25) is 4.79 Å². The number of aromatic hydroxyl groups is 1. The highest BCUT2D eigenvalue weighted by molar-refractivity contribution is 6.33. The van der Waals surface area contributed by atoms with E-state index < -0.39 is 0 Å². The van der Waals surface area contributed by atoms with Crippen LogP contribution in [0.5, 0.6) is 5.75 Å². The van der Waals surface area contributed by atoms with Crippen LogP contribution in [0.3, 0.4) is 0 Å². The summed E-state index contributed by atoms with van der Waals surface area (Å²) >= 11 is 6.00. The second-order valence-corrected chi connectivity index (χ2v) is 4.93. The van der Waals surface area contributed by atoms with Gasteiger partial charge in [0.1, 0.15) is 5.75 Å². The van der Waals surface area contributed by atoms with E-state index in [0.29, 0.717) is 29.6 Å². The molecule has 0 bridgehead atoms. The van der Waals surface area contributed by atoms with Gasteiger partial charge in [0.2, 0.25) is 0 Å². The monoisotopic (exact) mass is 269 g/mol. The Hall–Kier alpha value is -1.22. The lowest BCUT2D eigenvalue weighted by Gasteiger charge is -2.24. The van der Waals surface area contributed by atoms with Crippen molar-refractivity contribution >= 4 is 17.5 Å². The van der Waals surface area contributed by atoms with E-state index in [2.05, 4.69) is 13.8 Å². The lowest BCUT2D eigenvalue weighted by molar-refractivity contribution is 0.0740. The summed E-state index contributed by atoms with van der Waals surface area (Å²) in [5.74, 6) is 0.381. The zero-order valence-electron chi connectivity index (χ0n) is 11.1. The van der Waals surface area contributed by atoms with Crippen LogP contribution in [0.25, 0.3) is 0 Å². The van der Waals surface area contributed by atoms with Crippen LogP contribution >= 0.6 is 11.6 Å². The summed E-state index contributed by atoms with van der Waals surface area (Å²) in [5.41, 5.74) is 0.363. The fraction of sp³-hybridized carbons (Fsp3) is 0.500. The van der Waals surface area contributed by atoms with E-state index in [9.17, 15) is 9.90 Å². The average molecular weight is 270 g/mol. The lowest BCUT2D eigenvalue weighted by atomic mass is 10.1. The van der Waals surface area contributed by atoms with Crippen LogP contribution < -0.4 is 0 Å². The molecular weight excluding hydrogens is 250 g/mol. The Balaban J connectivity index is 2.92. The minimum absolute atomic E-state index is 0.0577. The Morgan fingerprint density at radius 3 is 2.67 bits per heavy atom. The lowest BCUT2D eigenvalue weighted by Crippen LogP contribution is -2.34. The molecule has 0 heterocycles. The molecule has 1 atom stereocenters. The third kappa shape index (κ3) is 3.64. The first-order valence-electron chi connectivity index (χ1n) is 6.27. The third-order valence-electron chi connectivity index (χ3n) is 3.08. The molecule has 1 rings (SSSR count). The van der Waals surface area contributed by atoms with Gasteiger partial charge < -0.3 is 10.0 Å². The Labute approximate surface area is 113 Å². The number of carbonyl (C=O) groups excluding carboxylic acids is 1. The molecule has 0 fully saturated rings. The van der Waals surface area contributed by atoms with Crippen molar-refractivity contribution in [3.8, 4) is 5.75 Å². The van der Waals surface area contributed by atoms with Crippen molar-refractivity contribution in [3.05, 3.63) is 28.8 Å². The minimum atomic E-state index is -0.126. The molecule has 1 amide bonds. The van der Waals surface area contributed by atoms with Crippen LogP contribution in [-0.4, -0.2) is 29.0 Å². The Kier molecular flexibility index (Phi) is 5.48. The van der Waals surface area contributed by atoms with E-state index in [1.54, 1.807) is 11.0 Å². The normalized spacial score (nSPS) is 12.2. The summed E-state index contributed by atoms with van der Waals surface area (Å²) in [6, 6.07) is 4.44. The van der Waals surface area contributed by atoms with Crippen molar-refractivity contribution in [1.82, 2.24) is 4.90 Å². The van der Waals surface area contributed by atoms with Crippen LogP contribution in [0.1, 0.15) is 37.6 Å². The van der Waals surface area contributed by atoms with E-state index in [4.69, 9.17) is 11.6 Å². The zero-order chi connectivity index (χ0) is 13.7. The molecule has 0 saturated heterocycles. The number of hydrogen-bond donors (Lipinski definition) is 1. The average Bonchev–Trinajstić information content (AvgIpc) is 2.37. The second kappa shape index (κ2) is 6.64. The number of phenols is 1. The van der Waals surface area contributed by atoms with Crippen molar-refractivity contribution < 1.29 is 9.90 Å².